The van der Waals surface area contributed by atoms with E-state index in [0.29, 0.717) is 16.3 Å². The van der Waals surface area contributed by atoms with Gasteiger partial charge >= 0.3 is 0 Å². The number of carbonyl (C=O) groups is 1. The predicted octanol–water partition coefficient (Wildman–Crippen LogP) is 3.38. The Morgan fingerprint density at radius 3 is 2.62 bits per heavy atom. The molecule has 2 aromatic rings. The molecule has 2 aromatic carbocycles. The number of halogens is 1. The minimum atomic E-state index is -0.349. The molecular weight excluding hydrogens is 354 g/mol. The van der Waals surface area contributed by atoms with Crippen molar-refractivity contribution in [3.8, 4) is 0 Å². The summed E-state index contributed by atoms with van der Waals surface area (Å²) >= 11 is 5.99. The molecule has 0 unspecified atom stereocenters. The van der Waals surface area contributed by atoms with Crippen LogP contribution in [0.2, 0.25) is 5.02 Å². The molecule has 0 aliphatic rings. The van der Waals surface area contributed by atoms with Crippen molar-refractivity contribution in [2.75, 3.05) is 14.2 Å². The largest absolute Gasteiger partial charge is 0.398 e. The van der Waals surface area contributed by atoms with Crippen molar-refractivity contribution in [3.05, 3.63) is 70.2 Å². The summed E-state index contributed by atoms with van der Waals surface area (Å²) in [4.78, 5) is 22.3. The van der Waals surface area contributed by atoms with Crippen LogP contribution in [-0.2, 0) is 21.1 Å². The van der Waals surface area contributed by atoms with Crippen LogP contribution in [0.3, 0.4) is 0 Å². The number of nitrogens with zero attached hydrogens (tertiary/aromatic N) is 2. The monoisotopic (exact) mass is 373 g/mol. The van der Waals surface area contributed by atoms with Crippen molar-refractivity contribution < 1.29 is 14.5 Å². The SMILES string of the molecule is CNC(=O)/C(=N/OC)c1ccccc1CO/N=C(\C)c1cccc(Cl)c1. The third-order valence-corrected chi connectivity index (χ3v) is 3.80. The second-order valence-electron chi connectivity index (χ2n) is 5.32. The molecule has 0 bridgehead atoms. The molecule has 0 aliphatic carbocycles. The average Bonchev–Trinajstić information content (AvgIpc) is 2.66. The zero-order valence-corrected chi connectivity index (χ0v) is 15.6. The normalized spacial score (nSPS) is 11.8. The van der Waals surface area contributed by atoms with Crippen molar-refractivity contribution >= 4 is 28.9 Å². The van der Waals surface area contributed by atoms with Crippen molar-refractivity contribution in [3.63, 3.8) is 0 Å². The lowest BCUT2D eigenvalue weighted by Gasteiger charge is -2.10. The summed E-state index contributed by atoms with van der Waals surface area (Å²) in [6.07, 6.45) is 0. The van der Waals surface area contributed by atoms with Crippen LogP contribution in [0.5, 0.6) is 0 Å². The lowest BCUT2D eigenvalue weighted by Crippen LogP contribution is -2.29. The summed E-state index contributed by atoms with van der Waals surface area (Å²) in [7, 11) is 2.92. The number of nitrogens with one attached hydrogen (secondary N) is 1. The predicted molar refractivity (Wildman–Crippen MR) is 103 cm³/mol. The fourth-order valence-electron chi connectivity index (χ4n) is 2.26. The van der Waals surface area contributed by atoms with E-state index in [4.69, 9.17) is 21.3 Å². The molecule has 0 radical (unpaired) electrons. The lowest BCUT2D eigenvalue weighted by atomic mass is 10.0. The van der Waals surface area contributed by atoms with Gasteiger partial charge in [0.1, 0.15) is 13.7 Å². The van der Waals surface area contributed by atoms with Gasteiger partial charge in [-0.05, 0) is 19.1 Å². The third-order valence-electron chi connectivity index (χ3n) is 3.56. The van der Waals surface area contributed by atoms with Gasteiger partial charge in [-0.1, -0.05) is 58.3 Å². The molecule has 7 heteroatoms. The van der Waals surface area contributed by atoms with Crippen LogP contribution in [0.1, 0.15) is 23.6 Å². The number of rotatable bonds is 7. The fourth-order valence-corrected chi connectivity index (χ4v) is 2.45. The zero-order chi connectivity index (χ0) is 18.9. The van der Waals surface area contributed by atoms with E-state index < -0.39 is 0 Å². The van der Waals surface area contributed by atoms with Gasteiger partial charge in [0.15, 0.2) is 5.71 Å². The molecule has 1 N–H and O–H groups in total. The van der Waals surface area contributed by atoms with Crippen molar-refractivity contribution in [2.45, 2.75) is 13.5 Å². The Labute approximate surface area is 157 Å². The van der Waals surface area contributed by atoms with Gasteiger partial charge in [-0.3, -0.25) is 4.79 Å². The van der Waals surface area contributed by atoms with Crippen molar-refractivity contribution in [1.82, 2.24) is 5.32 Å². The first-order valence-electron chi connectivity index (χ1n) is 7.90. The minimum Gasteiger partial charge on any atom is -0.398 e. The van der Waals surface area contributed by atoms with E-state index >= 15 is 0 Å². The number of hydrogen-bond acceptors (Lipinski definition) is 5. The third kappa shape index (κ3) is 5.07. The Morgan fingerprint density at radius 1 is 1.15 bits per heavy atom. The number of hydrogen-bond donors (Lipinski definition) is 1. The summed E-state index contributed by atoms with van der Waals surface area (Å²) < 4.78 is 0. The number of likely N-dealkylation sites (N-methyl/N-ethyl adjacent to an activating group) is 1. The van der Waals surface area contributed by atoms with E-state index in [1.165, 1.54) is 14.2 Å². The second-order valence-corrected chi connectivity index (χ2v) is 5.76. The van der Waals surface area contributed by atoms with Gasteiger partial charge in [0.25, 0.3) is 5.91 Å². The number of benzene rings is 2. The summed E-state index contributed by atoms with van der Waals surface area (Å²) in [5, 5.41) is 11.1. The van der Waals surface area contributed by atoms with Crippen LogP contribution in [-0.4, -0.2) is 31.5 Å². The van der Waals surface area contributed by atoms with Gasteiger partial charge in [0, 0.05) is 28.8 Å². The van der Waals surface area contributed by atoms with E-state index in [-0.39, 0.29) is 18.2 Å². The number of carbonyl (C=O) groups excluding carboxylic acids is 1. The zero-order valence-electron chi connectivity index (χ0n) is 14.8. The molecule has 0 fully saturated rings. The summed E-state index contributed by atoms with van der Waals surface area (Å²) in [5.41, 5.74) is 3.11. The van der Waals surface area contributed by atoms with Crippen LogP contribution in [0.15, 0.2) is 58.8 Å². The van der Waals surface area contributed by atoms with E-state index in [9.17, 15) is 4.79 Å². The fraction of sp³-hybridized carbons (Fsp3) is 0.211. The maximum atomic E-state index is 12.1. The van der Waals surface area contributed by atoms with Crippen LogP contribution in [0, 0.1) is 0 Å². The molecule has 26 heavy (non-hydrogen) atoms. The highest BCUT2D eigenvalue weighted by molar-refractivity contribution is 6.45. The Balaban J connectivity index is 2.19. The highest BCUT2D eigenvalue weighted by Gasteiger charge is 2.17. The van der Waals surface area contributed by atoms with Crippen LogP contribution in [0.4, 0.5) is 0 Å². The van der Waals surface area contributed by atoms with Gasteiger partial charge in [0.05, 0.1) is 5.71 Å². The molecule has 0 spiro atoms. The van der Waals surface area contributed by atoms with Crippen molar-refractivity contribution in [2.24, 2.45) is 10.3 Å². The van der Waals surface area contributed by atoms with Gasteiger partial charge in [-0.25, -0.2) is 0 Å². The molecule has 0 atom stereocenters. The molecule has 0 aliphatic heterocycles. The first-order valence-corrected chi connectivity index (χ1v) is 8.28. The topological polar surface area (TPSA) is 72.3 Å². The first-order chi connectivity index (χ1) is 12.6. The molecule has 0 saturated heterocycles. The molecule has 0 aromatic heterocycles. The highest BCUT2D eigenvalue weighted by Crippen LogP contribution is 2.14. The lowest BCUT2D eigenvalue weighted by molar-refractivity contribution is -0.114. The Morgan fingerprint density at radius 2 is 1.92 bits per heavy atom. The molecule has 6 nitrogen and oxygen atoms in total. The van der Waals surface area contributed by atoms with Crippen LogP contribution < -0.4 is 5.32 Å². The Hall–Kier alpha value is -2.86. The van der Waals surface area contributed by atoms with Gasteiger partial charge in [-0.2, -0.15) is 0 Å². The maximum Gasteiger partial charge on any atom is 0.273 e. The average molecular weight is 374 g/mol. The maximum absolute atomic E-state index is 12.1. The van der Waals surface area contributed by atoms with E-state index in [1.807, 2.05) is 43.3 Å². The standard InChI is InChI=1S/C19H20ClN3O3/c1-13(14-8-6-9-16(20)11-14)22-26-12-15-7-4-5-10-17(15)18(23-25-3)19(24)21-2/h4-11H,12H2,1-3H3,(H,21,24)/b22-13+,23-18+. The molecule has 2 rings (SSSR count). The van der Waals surface area contributed by atoms with E-state index in [1.54, 1.807) is 12.1 Å². The first kappa shape index (κ1) is 19.5. The minimum absolute atomic E-state index is 0.171. The summed E-state index contributed by atoms with van der Waals surface area (Å²) in [6.45, 7) is 2.01. The van der Waals surface area contributed by atoms with Gasteiger partial charge < -0.3 is 15.0 Å². The number of oxime groups is 2. The smallest absolute Gasteiger partial charge is 0.273 e. The second kappa shape index (κ2) is 9.58. The van der Waals surface area contributed by atoms with Crippen LogP contribution in [0.25, 0.3) is 0 Å². The van der Waals surface area contributed by atoms with Gasteiger partial charge in [-0.15, -0.1) is 0 Å². The molecule has 0 saturated carbocycles. The van der Waals surface area contributed by atoms with Crippen molar-refractivity contribution in [1.29, 1.82) is 0 Å². The quantitative estimate of drug-likeness (QED) is 0.597. The summed E-state index contributed by atoms with van der Waals surface area (Å²) in [5.74, 6) is -0.349. The van der Waals surface area contributed by atoms with Gasteiger partial charge in [0.2, 0.25) is 0 Å². The van der Waals surface area contributed by atoms with E-state index in [0.717, 1.165) is 11.1 Å². The molecular formula is C19H20ClN3O3. The van der Waals surface area contributed by atoms with E-state index in [2.05, 4.69) is 15.6 Å². The highest BCUT2D eigenvalue weighted by atomic mass is 35.5. The Kier molecular flexibility index (Phi) is 7.17. The Bertz CT molecular complexity index is 834. The van der Waals surface area contributed by atoms with Crippen LogP contribution >= 0.6 is 11.6 Å². The molecule has 136 valence electrons. The molecule has 0 heterocycles. The molecule has 1 amide bonds. The number of amides is 1. The summed E-state index contributed by atoms with van der Waals surface area (Å²) in [6, 6.07) is 14.6.